The molecule has 2 aromatic rings. The maximum absolute atomic E-state index is 14.0. The number of benzene rings is 1. The predicted octanol–water partition coefficient (Wildman–Crippen LogP) is 2.33. The van der Waals surface area contributed by atoms with Gasteiger partial charge in [0, 0.05) is 19.1 Å². The monoisotopic (exact) mass is 418 g/mol. The quantitative estimate of drug-likeness (QED) is 0.808. The van der Waals surface area contributed by atoms with Crippen LogP contribution in [0.3, 0.4) is 0 Å². The second-order valence-corrected chi connectivity index (χ2v) is 11.0. The van der Waals surface area contributed by atoms with Crippen LogP contribution in [0.2, 0.25) is 0 Å². The van der Waals surface area contributed by atoms with Crippen molar-refractivity contribution in [2.24, 2.45) is 0 Å². The molecule has 0 radical (unpaired) electrons. The molecule has 1 saturated heterocycles. The molecule has 1 N–H and O–H groups in total. The molecule has 0 aliphatic carbocycles. The largest absolute Gasteiger partial charge is 0.250 e. The van der Waals surface area contributed by atoms with E-state index in [0.29, 0.717) is 18.4 Å². The van der Waals surface area contributed by atoms with Gasteiger partial charge in [0.25, 0.3) is 0 Å². The Balaban J connectivity index is 1.69. The summed E-state index contributed by atoms with van der Waals surface area (Å²) in [6.07, 6.45) is 0.661. The summed E-state index contributed by atoms with van der Waals surface area (Å²) in [5.74, 6) is -0.781. The van der Waals surface area contributed by atoms with Crippen molar-refractivity contribution in [2.75, 3.05) is 13.1 Å². The molecule has 1 aromatic carbocycles. The molecular formula is C16H19FN2O4S3. The zero-order chi connectivity index (χ0) is 18.9. The minimum atomic E-state index is -3.94. The summed E-state index contributed by atoms with van der Waals surface area (Å²) in [4.78, 5) is -0.338. The summed E-state index contributed by atoms with van der Waals surface area (Å²) in [6.45, 7) is 1.96. The molecular weight excluding hydrogens is 399 g/mol. The minimum absolute atomic E-state index is 0.132. The SMILES string of the molecule is Cc1ccc(F)c(S(=O)(=O)N2CCC(NS(=O)(=O)c3cccs3)CC2)c1. The number of halogens is 1. The first-order chi connectivity index (χ1) is 12.2. The number of nitrogens with one attached hydrogen (secondary N) is 1. The van der Waals surface area contributed by atoms with Crippen LogP contribution in [0.25, 0.3) is 0 Å². The molecule has 0 saturated carbocycles. The second kappa shape index (κ2) is 7.35. The van der Waals surface area contributed by atoms with Crippen molar-refractivity contribution in [3.63, 3.8) is 0 Å². The molecule has 0 amide bonds. The van der Waals surface area contributed by atoms with Crippen LogP contribution in [0, 0.1) is 12.7 Å². The number of nitrogens with zero attached hydrogens (tertiary/aromatic N) is 1. The Kier molecular flexibility index (Phi) is 5.50. The molecule has 10 heteroatoms. The molecule has 26 heavy (non-hydrogen) atoms. The highest BCUT2D eigenvalue weighted by Gasteiger charge is 2.33. The molecule has 0 atom stereocenters. The molecule has 6 nitrogen and oxygen atoms in total. The van der Waals surface area contributed by atoms with E-state index in [9.17, 15) is 21.2 Å². The highest BCUT2D eigenvalue weighted by Crippen LogP contribution is 2.25. The Hall–Kier alpha value is -1.33. The third kappa shape index (κ3) is 3.99. The van der Waals surface area contributed by atoms with Crippen LogP contribution >= 0.6 is 11.3 Å². The van der Waals surface area contributed by atoms with E-state index in [1.54, 1.807) is 18.4 Å². The first kappa shape index (κ1) is 19.4. The maximum atomic E-state index is 14.0. The molecule has 0 unspecified atom stereocenters. The van der Waals surface area contributed by atoms with Crippen LogP contribution in [-0.2, 0) is 20.0 Å². The van der Waals surface area contributed by atoms with Crippen molar-refractivity contribution in [2.45, 2.75) is 34.9 Å². The van der Waals surface area contributed by atoms with Gasteiger partial charge in [0.05, 0.1) is 0 Å². The molecule has 1 fully saturated rings. The molecule has 1 aliphatic heterocycles. The van der Waals surface area contributed by atoms with Gasteiger partial charge in [-0.05, 0) is 48.9 Å². The highest BCUT2D eigenvalue weighted by atomic mass is 32.2. The van der Waals surface area contributed by atoms with E-state index in [-0.39, 0.29) is 28.2 Å². The van der Waals surface area contributed by atoms with Crippen LogP contribution in [0.15, 0.2) is 44.8 Å². The van der Waals surface area contributed by atoms with Gasteiger partial charge in [-0.1, -0.05) is 12.1 Å². The first-order valence-corrected chi connectivity index (χ1v) is 11.8. The summed E-state index contributed by atoms with van der Waals surface area (Å²) in [6, 6.07) is 6.80. The van der Waals surface area contributed by atoms with Crippen LogP contribution < -0.4 is 4.72 Å². The van der Waals surface area contributed by atoms with Gasteiger partial charge < -0.3 is 0 Å². The first-order valence-electron chi connectivity index (χ1n) is 8.02. The zero-order valence-corrected chi connectivity index (χ0v) is 16.5. The van der Waals surface area contributed by atoms with Crippen LogP contribution in [0.1, 0.15) is 18.4 Å². The normalized spacial score (nSPS) is 17.5. The van der Waals surface area contributed by atoms with Gasteiger partial charge in [0.15, 0.2) is 0 Å². The lowest BCUT2D eigenvalue weighted by Crippen LogP contribution is -2.46. The van der Waals surface area contributed by atoms with Gasteiger partial charge >= 0.3 is 0 Å². The fraction of sp³-hybridized carbons (Fsp3) is 0.375. The lowest BCUT2D eigenvalue weighted by molar-refractivity contribution is 0.307. The smallest absolute Gasteiger partial charge is 0.207 e. The number of sulfonamides is 2. The number of thiophene rings is 1. The van der Waals surface area contributed by atoms with E-state index in [4.69, 9.17) is 0 Å². The van der Waals surface area contributed by atoms with Gasteiger partial charge in [-0.2, -0.15) is 4.31 Å². The molecule has 0 bridgehead atoms. The lowest BCUT2D eigenvalue weighted by atomic mass is 10.1. The number of hydrogen-bond acceptors (Lipinski definition) is 5. The molecule has 2 heterocycles. The summed E-state index contributed by atoms with van der Waals surface area (Å²) in [5, 5.41) is 1.68. The Labute approximate surface area is 156 Å². The van der Waals surface area contributed by atoms with Crippen molar-refractivity contribution in [1.82, 2.24) is 9.03 Å². The van der Waals surface area contributed by atoms with Gasteiger partial charge in [0.1, 0.15) is 14.9 Å². The number of piperidine rings is 1. The number of hydrogen-bond donors (Lipinski definition) is 1. The maximum Gasteiger partial charge on any atom is 0.250 e. The van der Waals surface area contributed by atoms with Gasteiger partial charge in [-0.15, -0.1) is 11.3 Å². The summed E-state index contributed by atoms with van der Waals surface area (Å²) in [5.41, 5.74) is 0.656. The van der Waals surface area contributed by atoms with Crippen LogP contribution in [0.4, 0.5) is 4.39 Å². The third-order valence-corrected chi connectivity index (χ3v) is 9.07. The lowest BCUT2D eigenvalue weighted by Gasteiger charge is -2.31. The Bertz CT molecular complexity index is 981. The predicted molar refractivity (Wildman–Crippen MR) is 97.6 cm³/mol. The fourth-order valence-electron chi connectivity index (χ4n) is 2.86. The second-order valence-electron chi connectivity index (χ2n) is 6.17. The van der Waals surface area contributed by atoms with Crippen molar-refractivity contribution in [3.05, 3.63) is 47.1 Å². The summed E-state index contributed by atoms with van der Waals surface area (Å²) >= 11 is 1.13. The third-order valence-electron chi connectivity index (χ3n) is 4.24. The Morgan fingerprint density at radius 1 is 1.15 bits per heavy atom. The number of rotatable bonds is 5. The summed E-state index contributed by atoms with van der Waals surface area (Å²) < 4.78 is 67.9. The Morgan fingerprint density at radius 3 is 2.46 bits per heavy atom. The molecule has 0 spiro atoms. The highest BCUT2D eigenvalue weighted by molar-refractivity contribution is 7.91. The average Bonchev–Trinajstić information content (AvgIpc) is 3.13. The van der Waals surface area contributed by atoms with Gasteiger partial charge in [-0.25, -0.2) is 25.9 Å². The number of aryl methyl sites for hydroxylation is 1. The fourth-order valence-corrected chi connectivity index (χ4v) is 6.79. The van der Waals surface area contributed by atoms with E-state index in [1.165, 1.54) is 22.5 Å². The standard InChI is InChI=1S/C16H19FN2O4S3/c1-12-4-5-14(17)15(11-12)26(22,23)19-8-6-13(7-9-19)18-25(20,21)16-3-2-10-24-16/h2-5,10-11,13,18H,6-9H2,1H3. The van der Waals surface area contributed by atoms with Crippen molar-refractivity contribution in [3.8, 4) is 0 Å². The van der Waals surface area contributed by atoms with E-state index >= 15 is 0 Å². The van der Waals surface area contributed by atoms with Crippen molar-refractivity contribution in [1.29, 1.82) is 0 Å². The van der Waals surface area contributed by atoms with Crippen molar-refractivity contribution < 1.29 is 21.2 Å². The molecule has 142 valence electrons. The Morgan fingerprint density at radius 2 is 1.85 bits per heavy atom. The topological polar surface area (TPSA) is 83.6 Å². The minimum Gasteiger partial charge on any atom is -0.207 e. The van der Waals surface area contributed by atoms with Gasteiger partial charge in [0.2, 0.25) is 20.0 Å². The summed E-state index contributed by atoms with van der Waals surface area (Å²) in [7, 11) is -7.54. The van der Waals surface area contributed by atoms with E-state index in [2.05, 4.69) is 4.72 Å². The van der Waals surface area contributed by atoms with E-state index < -0.39 is 25.9 Å². The zero-order valence-electron chi connectivity index (χ0n) is 14.1. The average molecular weight is 419 g/mol. The van der Waals surface area contributed by atoms with E-state index in [0.717, 1.165) is 17.4 Å². The van der Waals surface area contributed by atoms with E-state index in [1.807, 2.05) is 0 Å². The van der Waals surface area contributed by atoms with Gasteiger partial charge in [-0.3, -0.25) is 0 Å². The van der Waals surface area contributed by atoms with Crippen molar-refractivity contribution >= 4 is 31.4 Å². The van der Waals surface area contributed by atoms with Crippen LogP contribution in [0.5, 0.6) is 0 Å². The molecule has 3 rings (SSSR count). The molecule has 1 aromatic heterocycles. The molecule has 1 aliphatic rings. The van der Waals surface area contributed by atoms with Crippen LogP contribution in [-0.4, -0.2) is 40.3 Å².